The second-order valence-electron chi connectivity index (χ2n) is 6.63. The molecule has 156 valence electrons. The Balaban J connectivity index is 1.60. The summed E-state index contributed by atoms with van der Waals surface area (Å²) in [5.41, 5.74) is 1.40. The van der Waals surface area contributed by atoms with Gasteiger partial charge in [-0.2, -0.15) is 0 Å². The van der Waals surface area contributed by atoms with Crippen molar-refractivity contribution in [2.24, 2.45) is 0 Å². The lowest BCUT2D eigenvalue weighted by Crippen LogP contribution is -2.12. The van der Waals surface area contributed by atoms with E-state index in [0.29, 0.717) is 10.6 Å². The number of thiophene rings is 1. The van der Waals surface area contributed by atoms with E-state index in [0.717, 1.165) is 10.4 Å². The van der Waals surface area contributed by atoms with Gasteiger partial charge in [-0.05, 0) is 54.1 Å². The molecule has 0 radical (unpaired) electrons. The molecular formula is C23H16ClNO4S2. The molecule has 0 fully saturated rings. The van der Waals surface area contributed by atoms with Crippen molar-refractivity contribution in [2.45, 2.75) is 4.90 Å². The van der Waals surface area contributed by atoms with Crippen LogP contribution in [-0.4, -0.2) is 19.3 Å². The summed E-state index contributed by atoms with van der Waals surface area (Å²) in [4.78, 5) is 14.2. The van der Waals surface area contributed by atoms with Gasteiger partial charge in [-0.3, -0.25) is 9.52 Å². The van der Waals surface area contributed by atoms with E-state index in [1.54, 1.807) is 60.7 Å². The number of ketones is 1. The van der Waals surface area contributed by atoms with E-state index in [1.165, 1.54) is 29.5 Å². The summed E-state index contributed by atoms with van der Waals surface area (Å²) in [5.74, 6) is -0.444. The number of nitrogens with one attached hydrogen (secondary N) is 1. The van der Waals surface area contributed by atoms with E-state index in [2.05, 4.69) is 4.72 Å². The molecule has 0 bridgehead atoms. The fraction of sp³-hybridized carbons (Fsp3) is 0. The van der Waals surface area contributed by atoms with Crippen molar-refractivity contribution < 1.29 is 18.3 Å². The maximum Gasteiger partial charge on any atom is 0.261 e. The molecule has 4 aromatic rings. The van der Waals surface area contributed by atoms with Crippen molar-refractivity contribution in [3.63, 3.8) is 0 Å². The first kappa shape index (κ1) is 21.1. The molecule has 31 heavy (non-hydrogen) atoms. The topological polar surface area (TPSA) is 83.5 Å². The van der Waals surface area contributed by atoms with Crippen LogP contribution in [-0.2, 0) is 10.0 Å². The van der Waals surface area contributed by atoms with Crippen LogP contribution in [0.3, 0.4) is 0 Å². The number of aromatic hydroxyl groups is 1. The van der Waals surface area contributed by atoms with Crippen molar-refractivity contribution in [3.8, 4) is 16.2 Å². The molecule has 0 saturated heterocycles. The molecule has 8 heteroatoms. The lowest BCUT2D eigenvalue weighted by molar-refractivity contribution is 0.104. The molecule has 0 saturated carbocycles. The van der Waals surface area contributed by atoms with Gasteiger partial charge in [-0.25, -0.2) is 8.42 Å². The van der Waals surface area contributed by atoms with E-state index >= 15 is 0 Å². The Bertz CT molecular complexity index is 1370. The average Bonchev–Trinajstić information content (AvgIpc) is 3.26. The Hall–Kier alpha value is -3.13. The van der Waals surface area contributed by atoms with Crippen LogP contribution in [0.1, 0.15) is 15.2 Å². The lowest BCUT2D eigenvalue weighted by atomic mass is 10.1. The third-order valence-corrected chi connectivity index (χ3v) is 7.43. The molecule has 0 aliphatic rings. The maximum atomic E-state index is 12.8. The second kappa shape index (κ2) is 8.55. The Labute approximate surface area is 188 Å². The number of phenols is 1. The highest BCUT2D eigenvalue weighted by atomic mass is 35.5. The van der Waals surface area contributed by atoms with Crippen molar-refractivity contribution in [1.82, 2.24) is 0 Å². The van der Waals surface area contributed by atoms with Crippen molar-refractivity contribution >= 4 is 44.4 Å². The maximum absolute atomic E-state index is 12.8. The van der Waals surface area contributed by atoms with Crippen molar-refractivity contribution in [2.75, 3.05) is 4.72 Å². The van der Waals surface area contributed by atoms with Gasteiger partial charge in [0.05, 0.1) is 14.8 Å². The van der Waals surface area contributed by atoms with Crippen LogP contribution in [0, 0.1) is 0 Å². The van der Waals surface area contributed by atoms with Gasteiger partial charge in [0.25, 0.3) is 10.0 Å². The van der Waals surface area contributed by atoms with Gasteiger partial charge in [0.15, 0.2) is 0 Å². The first-order valence-corrected chi connectivity index (χ1v) is 11.8. The number of rotatable bonds is 6. The molecule has 0 amide bonds. The van der Waals surface area contributed by atoms with E-state index in [1.807, 2.05) is 6.07 Å². The van der Waals surface area contributed by atoms with Crippen LogP contribution in [0.25, 0.3) is 10.4 Å². The molecule has 1 aromatic heterocycles. The van der Waals surface area contributed by atoms with Gasteiger partial charge in [0.1, 0.15) is 5.75 Å². The van der Waals surface area contributed by atoms with Gasteiger partial charge < -0.3 is 5.11 Å². The lowest BCUT2D eigenvalue weighted by Gasteiger charge is -2.09. The summed E-state index contributed by atoms with van der Waals surface area (Å²) >= 11 is 7.32. The van der Waals surface area contributed by atoms with Gasteiger partial charge in [0.2, 0.25) is 5.78 Å². The third-order valence-electron chi connectivity index (χ3n) is 4.51. The van der Waals surface area contributed by atoms with Crippen LogP contribution in [0.4, 0.5) is 5.69 Å². The van der Waals surface area contributed by atoms with E-state index in [9.17, 15) is 18.3 Å². The molecular weight excluding hydrogens is 454 g/mol. The van der Waals surface area contributed by atoms with Gasteiger partial charge in [-0.1, -0.05) is 48.0 Å². The number of hydrogen-bond acceptors (Lipinski definition) is 5. The van der Waals surface area contributed by atoms with E-state index in [4.69, 9.17) is 11.6 Å². The molecule has 2 N–H and O–H groups in total. The summed E-state index contributed by atoms with van der Waals surface area (Å²) in [7, 11) is -3.70. The summed E-state index contributed by atoms with van der Waals surface area (Å²) in [6.07, 6.45) is 0. The monoisotopic (exact) mass is 469 g/mol. The number of anilines is 1. The Kier molecular flexibility index (Phi) is 5.82. The standard InChI is InChI=1S/C23H16ClNO4S2/c24-22-18(10-5-11-19(22)26)23(27)21-13-12-20(30-21)15-6-4-7-16(14-15)25-31(28,29)17-8-2-1-3-9-17/h1-14,25-26H. The molecule has 0 aliphatic carbocycles. The molecule has 0 atom stereocenters. The van der Waals surface area contributed by atoms with Crippen molar-refractivity contribution in [1.29, 1.82) is 0 Å². The number of halogens is 1. The fourth-order valence-electron chi connectivity index (χ4n) is 2.99. The highest BCUT2D eigenvalue weighted by molar-refractivity contribution is 7.92. The number of benzene rings is 3. The molecule has 5 nitrogen and oxygen atoms in total. The van der Waals surface area contributed by atoms with Gasteiger partial charge in [-0.15, -0.1) is 11.3 Å². The minimum absolute atomic E-state index is 0.0137. The highest BCUT2D eigenvalue weighted by Crippen LogP contribution is 2.34. The first-order chi connectivity index (χ1) is 14.8. The van der Waals surface area contributed by atoms with Gasteiger partial charge in [0, 0.05) is 16.1 Å². The number of sulfonamides is 1. The van der Waals surface area contributed by atoms with E-state index in [-0.39, 0.29) is 27.0 Å². The molecule has 4 rings (SSSR count). The van der Waals surface area contributed by atoms with Crippen LogP contribution in [0.15, 0.2) is 89.8 Å². The zero-order valence-corrected chi connectivity index (χ0v) is 18.3. The first-order valence-electron chi connectivity index (χ1n) is 9.15. The fourth-order valence-corrected chi connectivity index (χ4v) is 5.23. The molecule has 0 spiro atoms. The van der Waals surface area contributed by atoms with Crippen LogP contribution < -0.4 is 4.72 Å². The Morgan fingerprint density at radius 3 is 2.42 bits per heavy atom. The average molecular weight is 470 g/mol. The zero-order chi connectivity index (χ0) is 22.0. The molecule has 1 heterocycles. The summed E-state index contributed by atoms with van der Waals surface area (Å²) < 4.78 is 27.7. The summed E-state index contributed by atoms with van der Waals surface area (Å²) in [5, 5.41) is 9.76. The largest absolute Gasteiger partial charge is 0.506 e. The number of hydrogen-bond donors (Lipinski definition) is 2. The summed E-state index contributed by atoms with van der Waals surface area (Å²) in [6.45, 7) is 0. The van der Waals surface area contributed by atoms with Crippen molar-refractivity contribution in [3.05, 3.63) is 100 Å². The minimum atomic E-state index is -3.70. The number of phenolic OH excluding ortho intramolecular Hbond substituents is 1. The molecule has 0 aliphatic heterocycles. The molecule has 3 aromatic carbocycles. The predicted octanol–water partition coefficient (Wildman–Crippen LogP) is 5.81. The van der Waals surface area contributed by atoms with Gasteiger partial charge >= 0.3 is 0 Å². The quantitative estimate of drug-likeness (QED) is 0.349. The Morgan fingerprint density at radius 2 is 1.65 bits per heavy atom. The van der Waals surface area contributed by atoms with Crippen LogP contribution in [0.5, 0.6) is 5.75 Å². The zero-order valence-electron chi connectivity index (χ0n) is 15.9. The highest BCUT2D eigenvalue weighted by Gasteiger charge is 2.18. The van der Waals surface area contributed by atoms with Crippen LogP contribution in [0.2, 0.25) is 5.02 Å². The SMILES string of the molecule is O=C(c1ccc(-c2cccc(NS(=O)(=O)c3ccccc3)c2)s1)c1cccc(O)c1Cl. The summed E-state index contributed by atoms with van der Waals surface area (Å²) in [6, 6.07) is 23.1. The number of carbonyl (C=O) groups is 1. The second-order valence-corrected chi connectivity index (χ2v) is 9.78. The smallest absolute Gasteiger partial charge is 0.261 e. The number of carbonyl (C=O) groups excluding carboxylic acids is 1. The Morgan fingerprint density at radius 1 is 0.903 bits per heavy atom. The van der Waals surface area contributed by atoms with E-state index < -0.39 is 10.0 Å². The third kappa shape index (κ3) is 4.49. The molecule has 0 unspecified atom stereocenters. The predicted molar refractivity (Wildman–Crippen MR) is 124 cm³/mol. The normalized spacial score (nSPS) is 11.3. The minimum Gasteiger partial charge on any atom is -0.506 e. The van der Waals surface area contributed by atoms with Crippen LogP contribution >= 0.6 is 22.9 Å².